The number of hydrogen-bond acceptors (Lipinski definition) is 6. The third kappa shape index (κ3) is 3.39. The van der Waals surface area contributed by atoms with Gasteiger partial charge in [0.2, 0.25) is 0 Å². The smallest absolute Gasteiger partial charge is 0.306 e. The molecule has 1 aliphatic heterocycles. The van der Waals surface area contributed by atoms with Gasteiger partial charge in [0.25, 0.3) is 6.02 Å². The Hall–Kier alpha value is -2.55. The second kappa shape index (κ2) is 6.32. The summed E-state index contributed by atoms with van der Waals surface area (Å²) < 4.78 is 46.6. The molecule has 1 atom stereocenters. The van der Waals surface area contributed by atoms with Crippen molar-refractivity contribution in [2.45, 2.75) is 12.5 Å². The molecule has 0 saturated carbocycles. The van der Waals surface area contributed by atoms with Crippen molar-refractivity contribution >= 4 is 29.4 Å². The number of ether oxygens (including phenoxy) is 1. The van der Waals surface area contributed by atoms with Gasteiger partial charge in [0.1, 0.15) is 31.6 Å². The van der Waals surface area contributed by atoms with Gasteiger partial charge in [-0.1, -0.05) is 23.7 Å². The van der Waals surface area contributed by atoms with E-state index in [1.807, 2.05) is 0 Å². The van der Waals surface area contributed by atoms with Crippen molar-refractivity contribution in [2.75, 3.05) is 12.9 Å². The molecule has 0 bridgehead atoms. The molecule has 3 rings (SSSR count). The highest BCUT2D eigenvalue weighted by Crippen LogP contribution is 2.39. The van der Waals surface area contributed by atoms with Crippen LogP contribution < -0.4 is 15.4 Å². The van der Waals surface area contributed by atoms with E-state index in [4.69, 9.17) is 22.5 Å². The van der Waals surface area contributed by atoms with Crippen molar-refractivity contribution in [3.63, 3.8) is 0 Å². The van der Waals surface area contributed by atoms with Gasteiger partial charge in [-0.25, -0.2) is 9.38 Å². The van der Waals surface area contributed by atoms with Crippen LogP contribution >= 0.6 is 0 Å². The van der Waals surface area contributed by atoms with E-state index in [9.17, 15) is 12.8 Å². The average Bonchev–Trinajstić information content (AvgIpc) is 2.94. The molecule has 134 valence electrons. The van der Waals surface area contributed by atoms with Gasteiger partial charge in [-0.2, -0.15) is 8.42 Å². The summed E-state index contributed by atoms with van der Waals surface area (Å²) in [6, 6.07) is 9.23. The van der Waals surface area contributed by atoms with Crippen LogP contribution in [0.4, 0.5) is 4.39 Å². The number of nitrogens with zero attached hydrogens (tertiary/aromatic N) is 1. The van der Waals surface area contributed by atoms with E-state index in [2.05, 4.69) is 4.99 Å². The molecule has 0 aromatic heterocycles. The third-order valence-corrected chi connectivity index (χ3v) is 4.58. The van der Waals surface area contributed by atoms with Crippen molar-refractivity contribution in [3.05, 3.63) is 58.9 Å². The monoisotopic (exact) mass is 374 g/mol. The zero-order valence-electron chi connectivity index (χ0n) is 14.2. The van der Waals surface area contributed by atoms with E-state index < -0.39 is 21.5 Å². The van der Waals surface area contributed by atoms with Gasteiger partial charge in [0, 0.05) is 0 Å². The minimum Gasteiger partial charge on any atom is -0.462 e. The maximum atomic E-state index is 13.6. The zero-order chi connectivity index (χ0) is 19.1. The number of aliphatic imine (C=N–C) groups is 1. The van der Waals surface area contributed by atoms with Gasteiger partial charge in [0.15, 0.2) is 0 Å². The lowest BCUT2D eigenvalue weighted by Gasteiger charge is -2.26. The molecular formula is C17H16BFN2O4S. The Morgan fingerprint density at radius 1 is 1.27 bits per heavy atom. The van der Waals surface area contributed by atoms with E-state index in [0.29, 0.717) is 16.7 Å². The number of hydrogen-bond donors (Lipinski definition) is 1. The standard InChI is InChI=1S/C17H16BFN2O4S/c1-10-7-11(4-6-15(10)25-26(2,22)23)17(9-24-16(20)21-17)12-3-5-14(19)13(18)8-12/h3-8H,9H2,1-2H3,(H2,20,21). The molecule has 2 aromatic carbocycles. The van der Waals surface area contributed by atoms with Crippen molar-refractivity contribution in [3.8, 4) is 5.75 Å². The first-order chi connectivity index (χ1) is 12.1. The Morgan fingerprint density at radius 3 is 2.46 bits per heavy atom. The number of benzene rings is 2. The number of halogens is 1. The Bertz CT molecular complexity index is 1010. The molecule has 0 saturated heterocycles. The summed E-state index contributed by atoms with van der Waals surface area (Å²) in [5.74, 6) is -0.325. The molecular weight excluding hydrogens is 358 g/mol. The fourth-order valence-corrected chi connectivity index (χ4v) is 3.37. The van der Waals surface area contributed by atoms with E-state index in [0.717, 1.165) is 6.26 Å². The lowest BCUT2D eigenvalue weighted by molar-refractivity contribution is 0.278. The van der Waals surface area contributed by atoms with Crippen molar-refractivity contribution in [1.29, 1.82) is 0 Å². The highest BCUT2D eigenvalue weighted by atomic mass is 32.2. The van der Waals surface area contributed by atoms with Crippen molar-refractivity contribution in [1.82, 2.24) is 0 Å². The molecule has 9 heteroatoms. The van der Waals surface area contributed by atoms with Crippen LogP contribution in [0, 0.1) is 12.7 Å². The summed E-state index contributed by atoms with van der Waals surface area (Å²) in [6.45, 7) is 1.81. The first-order valence-corrected chi connectivity index (χ1v) is 9.46. The summed E-state index contributed by atoms with van der Waals surface area (Å²) in [5.41, 5.74) is 6.57. The SMILES string of the molecule is [B]c1cc(C2(c3ccc(OS(C)(=O)=O)c(C)c3)COC(N)=N2)ccc1F. The van der Waals surface area contributed by atoms with Crippen LogP contribution in [-0.2, 0) is 20.4 Å². The molecule has 0 fully saturated rings. The zero-order valence-corrected chi connectivity index (χ0v) is 15.0. The van der Waals surface area contributed by atoms with Crippen LogP contribution in [0.25, 0.3) is 0 Å². The van der Waals surface area contributed by atoms with Crippen LogP contribution in [0.15, 0.2) is 41.4 Å². The van der Waals surface area contributed by atoms with Crippen LogP contribution in [0.2, 0.25) is 0 Å². The maximum absolute atomic E-state index is 13.6. The van der Waals surface area contributed by atoms with Crippen LogP contribution in [0.5, 0.6) is 5.75 Å². The first kappa shape index (κ1) is 18.3. The van der Waals surface area contributed by atoms with Gasteiger partial charge in [-0.05, 0) is 41.8 Å². The van der Waals surface area contributed by atoms with Crippen LogP contribution in [0.3, 0.4) is 0 Å². The summed E-state index contributed by atoms with van der Waals surface area (Å²) in [7, 11) is 2.05. The molecule has 1 aliphatic rings. The maximum Gasteiger partial charge on any atom is 0.306 e. The molecule has 0 spiro atoms. The molecule has 0 amide bonds. The molecule has 2 radical (unpaired) electrons. The molecule has 0 aliphatic carbocycles. The van der Waals surface area contributed by atoms with E-state index in [-0.39, 0.29) is 23.8 Å². The van der Waals surface area contributed by atoms with Crippen LogP contribution in [-0.4, -0.2) is 35.1 Å². The van der Waals surface area contributed by atoms with Gasteiger partial charge in [0.05, 0.1) is 6.26 Å². The Kier molecular flexibility index (Phi) is 4.43. The summed E-state index contributed by atoms with van der Waals surface area (Å²) in [4.78, 5) is 4.41. The van der Waals surface area contributed by atoms with Gasteiger partial charge in [-0.15, -0.1) is 0 Å². The number of amidine groups is 1. The fourth-order valence-electron chi connectivity index (χ4n) is 2.86. The Labute approximate surface area is 152 Å². The number of rotatable bonds is 4. The normalized spacial score (nSPS) is 19.7. The predicted octanol–water partition coefficient (Wildman–Crippen LogP) is 0.855. The lowest BCUT2D eigenvalue weighted by Crippen LogP contribution is -2.29. The Balaban J connectivity index is 2.13. The lowest BCUT2D eigenvalue weighted by atomic mass is 9.81. The van der Waals surface area contributed by atoms with Gasteiger partial charge >= 0.3 is 10.1 Å². The molecule has 2 aromatic rings. The largest absolute Gasteiger partial charge is 0.462 e. The Morgan fingerprint density at radius 2 is 1.92 bits per heavy atom. The average molecular weight is 374 g/mol. The predicted molar refractivity (Wildman–Crippen MR) is 96.8 cm³/mol. The highest BCUT2D eigenvalue weighted by molar-refractivity contribution is 7.86. The van der Waals surface area contributed by atoms with Gasteiger partial charge < -0.3 is 14.7 Å². The minimum absolute atomic E-state index is 0.00186. The van der Waals surface area contributed by atoms with Crippen LogP contribution in [0.1, 0.15) is 16.7 Å². The van der Waals surface area contributed by atoms with E-state index >= 15 is 0 Å². The second-order valence-electron chi connectivity index (χ2n) is 6.10. The molecule has 2 N–H and O–H groups in total. The van der Waals surface area contributed by atoms with Crippen molar-refractivity contribution < 1.29 is 21.7 Å². The summed E-state index contributed by atoms with van der Waals surface area (Å²) in [6.07, 6.45) is 0.971. The quantitative estimate of drug-likeness (QED) is 0.633. The minimum atomic E-state index is -3.65. The second-order valence-corrected chi connectivity index (χ2v) is 7.68. The summed E-state index contributed by atoms with van der Waals surface area (Å²) >= 11 is 0. The highest BCUT2D eigenvalue weighted by Gasteiger charge is 2.40. The third-order valence-electron chi connectivity index (χ3n) is 4.10. The van der Waals surface area contributed by atoms with E-state index in [1.165, 1.54) is 18.2 Å². The molecule has 26 heavy (non-hydrogen) atoms. The summed E-state index contributed by atoms with van der Waals surface area (Å²) in [5, 5.41) is 0. The first-order valence-electron chi connectivity index (χ1n) is 7.65. The fraction of sp³-hybridized carbons (Fsp3) is 0.235. The van der Waals surface area contributed by atoms with Gasteiger partial charge in [-0.3, -0.25) is 0 Å². The topological polar surface area (TPSA) is 91.0 Å². The number of nitrogens with two attached hydrogens (primary N) is 1. The van der Waals surface area contributed by atoms with Crippen molar-refractivity contribution in [2.24, 2.45) is 10.7 Å². The number of aryl methyl sites for hydroxylation is 1. The van der Waals surface area contributed by atoms with E-state index in [1.54, 1.807) is 25.1 Å². The molecule has 6 nitrogen and oxygen atoms in total. The molecule has 1 unspecified atom stereocenters. The molecule has 1 heterocycles.